The quantitative estimate of drug-likeness (QED) is 0.829. The Hall–Kier alpha value is -1.09. The first-order valence-corrected chi connectivity index (χ1v) is 6.19. The maximum Gasteiger partial charge on any atom is 0.128 e. The maximum absolute atomic E-state index is 5.65. The van der Waals surface area contributed by atoms with Crippen LogP contribution in [0.25, 0.3) is 0 Å². The van der Waals surface area contributed by atoms with Gasteiger partial charge in [-0.15, -0.1) is 0 Å². The van der Waals surface area contributed by atoms with E-state index < -0.39 is 0 Å². The van der Waals surface area contributed by atoms with Gasteiger partial charge in [0.25, 0.3) is 0 Å². The highest BCUT2D eigenvalue weighted by atomic mass is 15.2. The van der Waals surface area contributed by atoms with Crippen LogP contribution in [0.2, 0.25) is 0 Å². The molecular weight excluding hydrogens is 198 g/mol. The molecule has 0 aliphatic carbocycles. The summed E-state index contributed by atoms with van der Waals surface area (Å²) in [4.78, 5) is 6.84. The Kier molecular flexibility index (Phi) is 3.78. The Labute approximate surface area is 97.7 Å². The molecule has 1 aliphatic rings. The second kappa shape index (κ2) is 5.30. The molecule has 0 saturated carbocycles. The number of aromatic nitrogens is 1. The van der Waals surface area contributed by atoms with Gasteiger partial charge in [-0.25, -0.2) is 4.98 Å². The number of anilines is 1. The van der Waals surface area contributed by atoms with Crippen molar-refractivity contribution < 1.29 is 0 Å². The second-order valence-corrected chi connectivity index (χ2v) is 4.75. The molecule has 1 aliphatic heterocycles. The van der Waals surface area contributed by atoms with Crippen LogP contribution in [-0.2, 0) is 6.54 Å². The Morgan fingerprint density at radius 3 is 3.12 bits per heavy atom. The summed E-state index contributed by atoms with van der Waals surface area (Å²) in [5.41, 5.74) is 6.82. The number of nitrogens with zero attached hydrogens (tertiary/aromatic N) is 2. The van der Waals surface area contributed by atoms with E-state index in [4.69, 9.17) is 5.73 Å². The van der Waals surface area contributed by atoms with Crippen molar-refractivity contribution in [2.24, 2.45) is 11.7 Å². The first-order valence-electron chi connectivity index (χ1n) is 6.19. The SMILES string of the molecule is CC1CCCN(c2cc(CN)ccn2)CC1. The number of hydrogen-bond donors (Lipinski definition) is 1. The molecular formula is C13H21N3. The molecule has 1 aromatic rings. The first-order chi connectivity index (χ1) is 7.79. The molecule has 0 amide bonds. The Morgan fingerprint density at radius 2 is 2.31 bits per heavy atom. The third-order valence-electron chi connectivity index (χ3n) is 3.39. The highest BCUT2D eigenvalue weighted by Gasteiger charge is 2.14. The lowest BCUT2D eigenvalue weighted by molar-refractivity contribution is 0.521. The van der Waals surface area contributed by atoms with Gasteiger partial charge < -0.3 is 10.6 Å². The summed E-state index contributed by atoms with van der Waals surface area (Å²) in [5, 5.41) is 0. The molecule has 1 saturated heterocycles. The van der Waals surface area contributed by atoms with Crippen LogP contribution in [0.5, 0.6) is 0 Å². The van der Waals surface area contributed by atoms with E-state index in [1.807, 2.05) is 12.3 Å². The molecule has 1 aromatic heterocycles. The minimum absolute atomic E-state index is 0.597. The standard InChI is InChI=1S/C13H21N3/c1-11-3-2-7-16(8-5-11)13-9-12(10-14)4-6-15-13/h4,6,9,11H,2-3,5,7-8,10,14H2,1H3. The van der Waals surface area contributed by atoms with Gasteiger partial charge in [0.15, 0.2) is 0 Å². The maximum atomic E-state index is 5.65. The predicted octanol–water partition coefficient (Wildman–Crippen LogP) is 2.17. The zero-order valence-electron chi connectivity index (χ0n) is 10.0. The molecule has 16 heavy (non-hydrogen) atoms. The van der Waals surface area contributed by atoms with Gasteiger partial charge in [-0.05, 0) is 42.9 Å². The summed E-state index contributed by atoms with van der Waals surface area (Å²) >= 11 is 0. The highest BCUT2D eigenvalue weighted by Crippen LogP contribution is 2.21. The van der Waals surface area contributed by atoms with Crippen LogP contribution >= 0.6 is 0 Å². The lowest BCUT2D eigenvalue weighted by Crippen LogP contribution is -2.25. The molecule has 2 N–H and O–H groups in total. The molecule has 0 radical (unpaired) electrons. The van der Waals surface area contributed by atoms with Gasteiger partial charge in [0.05, 0.1) is 0 Å². The van der Waals surface area contributed by atoms with Crippen LogP contribution in [0.15, 0.2) is 18.3 Å². The van der Waals surface area contributed by atoms with Crippen LogP contribution in [0.4, 0.5) is 5.82 Å². The van der Waals surface area contributed by atoms with Gasteiger partial charge in [-0.2, -0.15) is 0 Å². The van der Waals surface area contributed by atoms with Crippen molar-refractivity contribution in [2.75, 3.05) is 18.0 Å². The fourth-order valence-corrected chi connectivity index (χ4v) is 2.25. The number of nitrogens with two attached hydrogens (primary N) is 1. The van der Waals surface area contributed by atoms with Gasteiger partial charge in [0, 0.05) is 25.8 Å². The summed E-state index contributed by atoms with van der Waals surface area (Å²) in [6, 6.07) is 4.11. The number of pyridine rings is 1. The Bertz CT molecular complexity index is 338. The molecule has 88 valence electrons. The molecule has 1 unspecified atom stereocenters. The lowest BCUT2D eigenvalue weighted by atomic mass is 10.0. The highest BCUT2D eigenvalue weighted by molar-refractivity contribution is 5.41. The molecule has 0 aromatic carbocycles. The molecule has 0 bridgehead atoms. The predicted molar refractivity (Wildman–Crippen MR) is 67.4 cm³/mol. The molecule has 3 nitrogen and oxygen atoms in total. The zero-order chi connectivity index (χ0) is 11.4. The van der Waals surface area contributed by atoms with Crippen molar-refractivity contribution >= 4 is 5.82 Å². The number of rotatable bonds is 2. The Morgan fingerprint density at radius 1 is 1.44 bits per heavy atom. The van der Waals surface area contributed by atoms with Crippen molar-refractivity contribution in [1.29, 1.82) is 0 Å². The van der Waals surface area contributed by atoms with Crippen molar-refractivity contribution in [3.05, 3.63) is 23.9 Å². The molecule has 1 fully saturated rings. The molecule has 3 heteroatoms. The van der Waals surface area contributed by atoms with Crippen molar-refractivity contribution in [1.82, 2.24) is 4.98 Å². The summed E-state index contributed by atoms with van der Waals surface area (Å²) in [6.45, 7) is 5.19. The third-order valence-corrected chi connectivity index (χ3v) is 3.39. The average Bonchev–Trinajstić information content (AvgIpc) is 2.54. The minimum atomic E-state index is 0.597. The smallest absolute Gasteiger partial charge is 0.128 e. The molecule has 1 atom stereocenters. The fraction of sp³-hybridized carbons (Fsp3) is 0.615. The van der Waals surface area contributed by atoms with Crippen molar-refractivity contribution in [2.45, 2.75) is 32.7 Å². The third kappa shape index (κ3) is 2.73. The van der Waals surface area contributed by atoms with Crippen LogP contribution in [-0.4, -0.2) is 18.1 Å². The Balaban J connectivity index is 2.10. The molecule has 2 heterocycles. The average molecular weight is 219 g/mol. The van der Waals surface area contributed by atoms with Gasteiger partial charge in [0.1, 0.15) is 5.82 Å². The lowest BCUT2D eigenvalue weighted by Gasteiger charge is -2.21. The van der Waals surface area contributed by atoms with Crippen molar-refractivity contribution in [3.63, 3.8) is 0 Å². The summed E-state index contributed by atoms with van der Waals surface area (Å²) in [5.74, 6) is 1.94. The summed E-state index contributed by atoms with van der Waals surface area (Å²) in [7, 11) is 0. The van der Waals surface area contributed by atoms with Crippen LogP contribution in [0, 0.1) is 5.92 Å². The van der Waals surface area contributed by atoms with Gasteiger partial charge in [-0.1, -0.05) is 6.92 Å². The summed E-state index contributed by atoms with van der Waals surface area (Å²) < 4.78 is 0. The van der Waals surface area contributed by atoms with Crippen molar-refractivity contribution in [3.8, 4) is 0 Å². The second-order valence-electron chi connectivity index (χ2n) is 4.75. The van der Waals surface area contributed by atoms with Crippen LogP contribution in [0.3, 0.4) is 0 Å². The largest absolute Gasteiger partial charge is 0.357 e. The topological polar surface area (TPSA) is 42.1 Å². The first kappa shape index (κ1) is 11.4. The van der Waals surface area contributed by atoms with E-state index in [9.17, 15) is 0 Å². The van der Waals surface area contributed by atoms with E-state index in [1.54, 1.807) is 0 Å². The summed E-state index contributed by atoms with van der Waals surface area (Å²) in [6.07, 6.45) is 5.75. The fourth-order valence-electron chi connectivity index (χ4n) is 2.25. The van der Waals surface area contributed by atoms with E-state index >= 15 is 0 Å². The van der Waals surface area contributed by atoms with Crippen LogP contribution < -0.4 is 10.6 Å². The van der Waals surface area contributed by atoms with Gasteiger partial charge in [0.2, 0.25) is 0 Å². The monoisotopic (exact) mass is 219 g/mol. The van der Waals surface area contributed by atoms with Crippen LogP contribution in [0.1, 0.15) is 31.7 Å². The van der Waals surface area contributed by atoms with E-state index in [1.165, 1.54) is 24.8 Å². The van der Waals surface area contributed by atoms with E-state index in [0.29, 0.717) is 6.54 Å². The molecule has 2 rings (SSSR count). The normalized spacial score (nSPS) is 21.9. The van der Waals surface area contributed by atoms with E-state index in [-0.39, 0.29) is 0 Å². The zero-order valence-corrected chi connectivity index (χ0v) is 10.0. The van der Waals surface area contributed by atoms with Gasteiger partial charge >= 0.3 is 0 Å². The van der Waals surface area contributed by atoms with E-state index in [0.717, 1.165) is 24.8 Å². The van der Waals surface area contributed by atoms with Gasteiger partial charge in [-0.3, -0.25) is 0 Å². The minimum Gasteiger partial charge on any atom is -0.357 e. The number of hydrogen-bond acceptors (Lipinski definition) is 3. The van der Waals surface area contributed by atoms with E-state index in [2.05, 4.69) is 22.9 Å². The molecule has 0 spiro atoms.